The molecule has 7 heteroatoms. The van der Waals surface area contributed by atoms with E-state index in [2.05, 4.69) is 103 Å². The van der Waals surface area contributed by atoms with Gasteiger partial charge in [0.15, 0.2) is 0 Å². The fraction of sp³-hybridized carbons (Fsp3) is 0.237. The SMILES string of the molecule is CCC.COC(=O)c1ccc(-c2cccc(-c3c(-c4ccsc4C#N)c4cc(C)ccc4n3SC3=CC=C(C)CC3)c2)c(C)n1. The number of rotatable bonds is 6. The molecule has 5 nitrogen and oxygen atoms in total. The van der Waals surface area contributed by atoms with Crippen molar-refractivity contribution >= 4 is 40.2 Å². The van der Waals surface area contributed by atoms with Gasteiger partial charge in [-0.05, 0) is 86.8 Å². The molecule has 3 heterocycles. The smallest absolute Gasteiger partial charge is 0.356 e. The van der Waals surface area contributed by atoms with Crippen LogP contribution in [0.25, 0.3) is 44.4 Å². The van der Waals surface area contributed by atoms with Crippen molar-refractivity contribution in [2.24, 2.45) is 0 Å². The average Bonchev–Trinajstić information content (AvgIpc) is 3.64. The summed E-state index contributed by atoms with van der Waals surface area (Å²) in [7, 11) is 1.36. The normalized spacial score (nSPS) is 12.6. The summed E-state index contributed by atoms with van der Waals surface area (Å²) in [6.07, 6.45) is 7.73. The van der Waals surface area contributed by atoms with Gasteiger partial charge in [-0.25, -0.2) is 9.78 Å². The van der Waals surface area contributed by atoms with Gasteiger partial charge in [-0.2, -0.15) is 5.26 Å². The van der Waals surface area contributed by atoms with Crippen LogP contribution >= 0.6 is 23.3 Å². The van der Waals surface area contributed by atoms with Gasteiger partial charge in [0.05, 0.1) is 18.3 Å². The van der Waals surface area contributed by atoms with Crippen LogP contribution < -0.4 is 0 Å². The van der Waals surface area contributed by atoms with E-state index in [9.17, 15) is 10.1 Å². The van der Waals surface area contributed by atoms with Gasteiger partial charge in [0, 0.05) is 38.2 Å². The van der Waals surface area contributed by atoms with Crippen LogP contribution in [0.3, 0.4) is 0 Å². The molecule has 228 valence electrons. The van der Waals surface area contributed by atoms with E-state index in [1.807, 2.05) is 18.4 Å². The Morgan fingerprint density at radius 1 is 1.00 bits per heavy atom. The van der Waals surface area contributed by atoms with Gasteiger partial charge in [0.25, 0.3) is 0 Å². The number of benzene rings is 2. The Kier molecular flexibility index (Phi) is 10.1. The molecule has 0 saturated heterocycles. The van der Waals surface area contributed by atoms with Gasteiger partial charge in [-0.3, -0.25) is 3.97 Å². The molecule has 1 aliphatic carbocycles. The number of nitriles is 1. The van der Waals surface area contributed by atoms with E-state index >= 15 is 0 Å². The van der Waals surface area contributed by atoms with E-state index in [4.69, 9.17) is 4.74 Å². The predicted octanol–water partition coefficient (Wildman–Crippen LogP) is 10.9. The van der Waals surface area contributed by atoms with E-state index in [1.54, 1.807) is 18.0 Å². The minimum absolute atomic E-state index is 0.288. The maximum atomic E-state index is 12.1. The third kappa shape index (κ3) is 6.68. The Morgan fingerprint density at radius 2 is 1.78 bits per heavy atom. The number of nitrogens with zero attached hydrogens (tertiary/aromatic N) is 3. The molecular weight excluding hydrogens is 595 g/mol. The van der Waals surface area contributed by atoms with Crippen LogP contribution in [-0.2, 0) is 4.74 Å². The fourth-order valence-corrected chi connectivity index (χ4v) is 7.22. The molecule has 0 bridgehead atoms. The first-order valence-corrected chi connectivity index (χ1v) is 16.8. The lowest BCUT2D eigenvalue weighted by Crippen LogP contribution is -2.05. The highest BCUT2D eigenvalue weighted by Crippen LogP contribution is 2.47. The Morgan fingerprint density at radius 3 is 2.47 bits per heavy atom. The standard InChI is InChI=1S/C35H29N3O2S2.C3H8/c1-21-8-11-26(12-9-21)42-38-31-15-10-22(2)18-29(31)33(28-16-17-41-32(28)20-36)34(38)25-7-5-6-24(19-25)27-13-14-30(35(39)40-4)37-23(27)3;1-3-2/h5-8,10-11,13-19H,9,12H2,1-4H3;3H2,1-2H3. The minimum atomic E-state index is -0.453. The van der Waals surface area contributed by atoms with Crippen molar-refractivity contribution in [1.82, 2.24) is 8.96 Å². The van der Waals surface area contributed by atoms with Gasteiger partial charge in [0.2, 0.25) is 0 Å². The van der Waals surface area contributed by atoms with Crippen molar-refractivity contribution in [3.05, 3.63) is 111 Å². The quantitative estimate of drug-likeness (QED) is 0.174. The van der Waals surface area contributed by atoms with Gasteiger partial charge in [0.1, 0.15) is 16.6 Å². The lowest BCUT2D eigenvalue weighted by Gasteiger charge is -2.17. The molecule has 0 saturated carbocycles. The zero-order valence-electron chi connectivity index (χ0n) is 26.6. The van der Waals surface area contributed by atoms with E-state index in [-0.39, 0.29) is 5.69 Å². The van der Waals surface area contributed by atoms with Gasteiger partial charge < -0.3 is 4.74 Å². The van der Waals surface area contributed by atoms with E-state index in [0.29, 0.717) is 4.88 Å². The first kappa shape index (κ1) is 32.0. The summed E-state index contributed by atoms with van der Waals surface area (Å²) in [4.78, 5) is 18.6. The number of aromatic nitrogens is 2. The number of allylic oxidation sites excluding steroid dienone is 4. The second kappa shape index (κ2) is 14.2. The number of hydrogen-bond acceptors (Lipinski definition) is 6. The van der Waals surface area contributed by atoms with Gasteiger partial charge in [-0.15, -0.1) is 11.3 Å². The molecule has 1 aliphatic rings. The zero-order valence-corrected chi connectivity index (χ0v) is 28.2. The molecule has 0 N–H and O–H groups in total. The number of carbonyl (C=O) groups excluding carboxylic acids is 1. The Balaban J connectivity index is 0.00000128. The Labute approximate surface area is 274 Å². The number of hydrogen-bond donors (Lipinski definition) is 0. The fourth-order valence-electron chi connectivity index (χ4n) is 5.43. The summed E-state index contributed by atoms with van der Waals surface area (Å²) in [6, 6.07) is 23.1. The lowest BCUT2D eigenvalue weighted by atomic mass is 9.95. The number of thiophene rings is 1. The highest BCUT2D eigenvalue weighted by Gasteiger charge is 2.25. The highest BCUT2D eigenvalue weighted by atomic mass is 32.2. The second-order valence-corrected chi connectivity index (χ2v) is 13.1. The molecule has 0 atom stereocenters. The number of pyridine rings is 1. The monoisotopic (exact) mass is 631 g/mol. The topological polar surface area (TPSA) is 67.9 Å². The van der Waals surface area contributed by atoms with Crippen LogP contribution in [0.1, 0.15) is 66.7 Å². The first-order valence-electron chi connectivity index (χ1n) is 15.1. The van der Waals surface area contributed by atoms with Crippen molar-refractivity contribution in [2.75, 3.05) is 7.11 Å². The largest absolute Gasteiger partial charge is 0.464 e. The molecule has 0 aliphatic heterocycles. The van der Waals surface area contributed by atoms with Crippen molar-refractivity contribution in [1.29, 1.82) is 5.26 Å². The predicted molar refractivity (Wildman–Crippen MR) is 189 cm³/mol. The minimum Gasteiger partial charge on any atom is -0.464 e. The Hall–Kier alpha value is -4.38. The van der Waals surface area contributed by atoms with Crippen LogP contribution in [0, 0.1) is 25.2 Å². The van der Waals surface area contributed by atoms with Crippen LogP contribution in [0.15, 0.2) is 88.7 Å². The van der Waals surface area contributed by atoms with Crippen molar-refractivity contribution in [3.8, 4) is 39.6 Å². The van der Waals surface area contributed by atoms with Crippen LogP contribution in [0.2, 0.25) is 0 Å². The average molecular weight is 632 g/mol. The molecule has 0 amide bonds. The molecular formula is C38H37N3O2S2. The van der Waals surface area contributed by atoms with Crippen LogP contribution in [0.4, 0.5) is 0 Å². The van der Waals surface area contributed by atoms with Gasteiger partial charge >= 0.3 is 5.97 Å². The molecule has 0 fully saturated rings. The first-order chi connectivity index (χ1) is 21.8. The number of fused-ring (bicyclic) bond motifs is 1. The van der Waals surface area contributed by atoms with E-state index in [0.717, 1.165) is 62.9 Å². The highest BCUT2D eigenvalue weighted by molar-refractivity contribution is 8.01. The number of ether oxygens (including phenoxy) is 1. The molecule has 3 aromatic heterocycles. The summed E-state index contributed by atoms with van der Waals surface area (Å²) in [6.45, 7) is 10.4. The summed E-state index contributed by atoms with van der Waals surface area (Å²) in [5, 5.41) is 13.2. The maximum Gasteiger partial charge on any atom is 0.356 e. The van der Waals surface area contributed by atoms with Crippen molar-refractivity contribution < 1.29 is 9.53 Å². The number of methoxy groups -OCH3 is 1. The van der Waals surface area contributed by atoms with E-state index in [1.165, 1.54) is 40.9 Å². The summed E-state index contributed by atoms with van der Waals surface area (Å²) >= 11 is 3.23. The maximum absolute atomic E-state index is 12.1. The second-order valence-electron chi connectivity index (χ2n) is 11.2. The molecule has 2 aromatic carbocycles. The molecule has 0 unspecified atom stereocenters. The Bertz CT molecular complexity index is 1990. The summed E-state index contributed by atoms with van der Waals surface area (Å²) in [5.41, 5.74) is 10.8. The summed E-state index contributed by atoms with van der Waals surface area (Å²) < 4.78 is 7.20. The molecule has 6 rings (SSSR count). The van der Waals surface area contributed by atoms with Gasteiger partial charge in [-0.1, -0.05) is 73.9 Å². The van der Waals surface area contributed by atoms with Crippen LogP contribution in [0.5, 0.6) is 0 Å². The third-order valence-electron chi connectivity index (χ3n) is 7.57. The van der Waals surface area contributed by atoms with E-state index < -0.39 is 5.97 Å². The summed E-state index contributed by atoms with van der Waals surface area (Å²) in [5.74, 6) is -0.453. The zero-order chi connectivity index (χ0) is 32.1. The number of aryl methyl sites for hydroxylation is 2. The van der Waals surface area contributed by atoms with Crippen molar-refractivity contribution in [3.63, 3.8) is 0 Å². The number of carbonyl (C=O) groups is 1. The molecule has 0 spiro atoms. The third-order valence-corrected chi connectivity index (χ3v) is 9.53. The lowest BCUT2D eigenvalue weighted by molar-refractivity contribution is 0.0594. The van der Waals surface area contributed by atoms with Crippen LogP contribution in [-0.4, -0.2) is 22.0 Å². The molecule has 5 aromatic rings. The van der Waals surface area contributed by atoms with Crippen molar-refractivity contribution in [2.45, 2.75) is 53.9 Å². The molecule has 0 radical (unpaired) electrons. The number of esters is 1. The molecule has 45 heavy (non-hydrogen) atoms.